The summed E-state index contributed by atoms with van der Waals surface area (Å²) in [6, 6.07) is 13.1. The number of hydrogen-bond acceptors (Lipinski definition) is 2. The van der Waals surface area contributed by atoms with Crippen molar-refractivity contribution < 1.29 is 0 Å². The molecule has 0 radical (unpaired) electrons. The van der Waals surface area contributed by atoms with Crippen LogP contribution in [-0.2, 0) is 6.42 Å². The highest BCUT2D eigenvalue weighted by atomic mass is 32.1. The molecule has 130 valence electrons. The van der Waals surface area contributed by atoms with Gasteiger partial charge >= 0.3 is 0 Å². The molecular formula is C20H28N2S2. The van der Waals surface area contributed by atoms with Crippen molar-refractivity contribution in [2.24, 2.45) is 5.92 Å². The molecule has 1 aromatic carbocycles. The van der Waals surface area contributed by atoms with Gasteiger partial charge in [-0.25, -0.2) is 0 Å². The van der Waals surface area contributed by atoms with Gasteiger partial charge in [0.2, 0.25) is 0 Å². The van der Waals surface area contributed by atoms with Crippen molar-refractivity contribution in [3.63, 3.8) is 0 Å². The Labute approximate surface area is 155 Å². The summed E-state index contributed by atoms with van der Waals surface area (Å²) in [5.74, 6) is 0.661. The molecule has 1 aromatic heterocycles. The van der Waals surface area contributed by atoms with E-state index >= 15 is 0 Å². The zero-order valence-corrected chi connectivity index (χ0v) is 16.7. The normalized spacial score (nSPS) is 12.2. The number of hydrogen-bond donors (Lipinski definition) is 1. The molecule has 24 heavy (non-hydrogen) atoms. The van der Waals surface area contributed by atoms with E-state index in [2.05, 4.69) is 79.7 Å². The predicted molar refractivity (Wildman–Crippen MR) is 111 cm³/mol. The summed E-state index contributed by atoms with van der Waals surface area (Å²) in [6.07, 6.45) is 2.16. The van der Waals surface area contributed by atoms with Gasteiger partial charge in [-0.05, 0) is 67.0 Å². The number of thiocarbonyl (C=S) groups is 1. The molecule has 2 aromatic rings. The van der Waals surface area contributed by atoms with Crippen LogP contribution < -0.4 is 5.32 Å². The van der Waals surface area contributed by atoms with Crippen LogP contribution in [0, 0.1) is 5.92 Å². The minimum absolute atomic E-state index is 0.290. The highest BCUT2D eigenvalue weighted by Gasteiger charge is 2.20. The number of thiophene rings is 1. The van der Waals surface area contributed by atoms with Gasteiger partial charge in [-0.3, -0.25) is 0 Å². The lowest BCUT2D eigenvalue weighted by Gasteiger charge is -2.32. The van der Waals surface area contributed by atoms with Crippen molar-refractivity contribution in [3.05, 3.63) is 52.2 Å². The highest BCUT2D eigenvalue weighted by molar-refractivity contribution is 7.80. The zero-order chi connectivity index (χ0) is 17.5. The van der Waals surface area contributed by atoms with Crippen molar-refractivity contribution in [2.75, 3.05) is 11.9 Å². The first-order chi connectivity index (χ1) is 11.5. The molecule has 0 bridgehead atoms. The summed E-state index contributed by atoms with van der Waals surface area (Å²) in [5, 5.41) is 6.39. The van der Waals surface area contributed by atoms with Crippen LogP contribution in [0.15, 0.2) is 41.8 Å². The van der Waals surface area contributed by atoms with E-state index in [1.54, 1.807) is 11.3 Å². The Bertz CT molecular complexity index is 635. The van der Waals surface area contributed by atoms with Crippen LogP contribution in [0.2, 0.25) is 0 Å². The predicted octanol–water partition coefficient (Wildman–Crippen LogP) is 6.12. The number of rotatable bonds is 7. The Hall–Kier alpha value is -1.39. The number of benzene rings is 1. The first-order valence-electron chi connectivity index (χ1n) is 8.71. The maximum Gasteiger partial charge on any atom is 0.173 e. The lowest BCUT2D eigenvalue weighted by Crippen LogP contribution is -2.37. The number of aryl methyl sites for hydroxylation is 1. The van der Waals surface area contributed by atoms with E-state index in [0.717, 1.165) is 30.2 Å². The Morgan fingerprint density at radius 3 is 2.62 bits per heavy atom. The molecule has 0 amide bonds. The molecule has 2 nitrogen and oxygen atoms in total. The third-order valence-corrected chi connectivity index (χ3v) is 5.60. The molecule has 0 saturated heterocycles. The van der Waals surface area contributed by atoms with Crippen LogP contribution in [0.5, 0.6) is 0 Å². The second kappa shape index (κ2) is 9.19. The molecule has 4 heteroatoms. The molecule has 0 aliphatic rings. The van der Waals surface area contributed by atoms with Gasteiger partial charge < -0.3 is 10.2 Å². The molecule has 1 N–H and O–H groups in total. The summed E-state index contributed by atoms with van der Waals surface area (Å²) in [7, 11) is 0. The van der Waals surface area contributed by atoms with Crippen LogP contribution >= 0.6 is 23.6 Å². The molecule has 0 spiro atoms. The summed E-state index contributed by atoms with van der Waals surface area (Å²) in [5.41, 5.74) is 2.40. The van der Waals surface area contributed by atoms with Crippen LogP contribution in [0.1, 0.15) is 50.6 Å². The second-order valence-corrected chi connectivity index (χ2v) is 7.92. The molecule has 2 rings (SSSR count). The van der Waals surface area contributed by atoms with Gasteiger partial charge in [-0.15, -0.1) is 11.3 Å². The van der Waals surface area contributed by atoms with E-state index in [1.165, 1.54) is 10.4 Å². The minimum Gasteiger partial charge on any atom is -0.341 e. The van der Waals surface area contributed by atoms with E-state index in [0.29, 0.717) is 5.92 Å². The smallest absolute Gasteiger partial charge is 0.173 e. The maximum atomic E-state index is 5.76. The summed E-state index contributed by atoms with van der Waals surface area (Å²) in [4.78, 5) is 3.67. The van der Waals surface area contributed by atoms with E-state index in [1.807, 2.05) is 0 Å². The molecule has 0 unspecified atom stereocenters. The molecule has 1 atom stereocenters. The first-order valence-corrected chi connectivity index (χ1v) is 10.00. The van der Waals surface area contributed by atoms with Crippen molar-refractivity contribution in [1.82, 2.24) is 4.90 Å². The van der Waals surface area contributed by atoms with Gasteiger partial charge in [0.05, 0.1) is 6.04 Å². The van der Waals surface area contributed by atoms with Crippen LogP contribution in [0.4, 0.5) is 5.69 Å². The van der Waals surface area contributed by atoms with Gasteiger partial charge in [0.15, 0.2) is 5.11 Å². The van der Waals surface area contributed by atoms with Crippen LogP contribution in [0.3, 0.4) is 0 Å². The quantitative estimate of drug-likeness (QED) is 0.599. The standard InChI is InChI=1S/C20H28N2S2/c1-5-17-8-6-9-18(14-17)21-20(23)22(12-11-15(2)3)16(4)19-10-7-13-24-19/h6-10,13-16H,5,11-12H2,1-4H3,(H,21,23)/t16-/m0/s1. The fourth-order valence-corrected chi connectivity index (χ4v) is 3.78. The summed E-state index contributed by atoms with van der Waals surface area (Å²) < 4.78 is 0. The Kier molecular flexibility index (Phi) is 7.25. The zero-order valence-electron chi connectivity index (χ0n) is 15.1. The topological polar surface area (TPSA) is 15.3 Å². The van der Waals surface area contributed by atoms with E-state index < -0.39 is 0 Å². The van der Waals surface area contributed by atoms with Crippen LogP contribution in [-0.4, -0.2) is 16.6 Å². The minimum atomic E-state index is 0.290. The number of anilines is 1. The van der Waals surface area contributed by atoms with Crippen molar-refractivity contribution in [3.8, 4) is 0 Å². The average Bonchev–Trinajstić information content (AvgIpc) is 3.09. The van der Waals surface area contributed by atoms with Crippen molar-refractivity contribution >= 4 is 34.4 Å². The van der Waals surface area contributed by atoms with E-state index in [9.17, 15) is 0 Å². The molecule has 0 fully saturated rings. The Morgan fingerprint density at radius 1 is 1.21 bits per heavy atom. The lowest BCUT2D eigenvalue weighted by molar-refractivity contribution is 0.322. The number of nitrogens with zero attached hydrogens (tertiary/aromatic N) is 1. The first kappa shape index (κ1) is 18.9. The fourth-order valence-electron chi connectivity index (χ4n) is 2.62. The Morgan fingerprint density at radius 2 is 2.00 bits per heavy atom. The highest BCUT2D eigenvalue weighted by Crippen LogP contribution is 2.26. The third kappa shape index (κ3) is 5.32. The van der Waals surface area contributed by atoms with Gasteiger partial charge in [-0.1, -0.05) is 39.0 Å². The Balaban J connectivity index is 2.13. The third-order valence-electron chi connectivity index (χ3n) is 4.22. The van der Waals surface area contributed by atoms with Gasteiger partial charge in [-0.2, -0.15) is 0 Å². The van der Waals surface area contributed by atoms with E-state index in [4.69, 9.17) is 12.2 Å². The fraction of sp³-hybridized carbons (Fsp3) is 0.450. The summed E-state index contributed by atoms with van der Waals surface area (Å²) in [6.45, 7) is 9.90. The molecular weight excluding hydrogens is 332 g/mol. The van der Waals surface area contributed by atoms with Crippen LogP contribution in [0.25, 0.3) is 0 Å². The van der Waals surface area contributed by atoms with Gasteiger partial charge in [0.25, 0.3) is 0 Å². The molecule has 0 aliphatic carbocycles. The number of nitrogens with one attached hydrogen (secondary N) is 1. The summed E-state index contributed by atoms with van der Waals surface area (Å²) >= 11 is 7.55. The van der Waals surface area contributed by atoms with Crippen molar-refractivity contribution in [2.45, 2.75) is 46.6 Å². The van der Waals surface area contributed by atoms with Crippen molar-refractivity contribution in [1.29, 1.82) is 0 Å². The average molecular weight is 361 g/mol. The lowest BCUT2D eigenvalue weighted by atomic mass is 10.1. The van der Waals surface area contributed by atoms with Gasteiger partial charge in [0, 0.05) is 17.1 Å². The molecule has 0 aliphatic heterocycles. The monoisotopic (exact) mass is 360 g/mol. The molecule has 1 heterocycles. The molecule has 0 saturated carbocycles. The second-order valence-electron chi connectivity index (χ2n) is 6.55. The largest absolute Gasteiger partial charge is 0.341 e. The van der Waals surface area contributed by atoms with Gasteiger partial charge in [0.1, 0.15) is 0 Å². The SMILES string of the molecule is CCc1cccc(NC(=S)N(CCC(C)C)[C@@H](C)c2cccs2)c1. The maximum absolute atomic E-state index is 5.76. The van der Waals surface area contributed by atoms with E-state index in [-0.39, 0.29) is 6.04 Å².